The van der Waals surface area contributed by atoms with Crippen molar-refractivity contribution in [2.24, 2.45) is 4.99 Å². The summed E-state index contributed by atoms with van der Waals surface area (Å²) in [6.07, 6.45) is 2.64. The molecular formula is C7H9NO3. The maximum absolute atomic E-state index is 9.95. The maximum atomic E-state index is 9.95. The van der Waals surface area contributed by atoms with Gasteiger partial charge in [0.1, 0.15) is 12.1 Å². The Morgan fingerprint density at radius 3 is 3.18 bits per heavy atom. The van der Waals surface area contributed by atoms with Gasteiger partial charge in [-0.1, -0.05) is 0 Å². The summed E-state index contributed by atoms with van der Waals surface area (Å²) >= 11 is 0. The van der Waals surface area contributed by atoms with Gasteiger partial charge in [-0.25, -0.2) is 4.79 Å². The van der Waals surface area contributed by atoms with E-state index in [0.29, 0.717) is 6.61 Å². The lowest BCUT2D eigenvalue weighted by Crippen LogP contribution is -2.25. The van der Waals surface area contributed by atoms with E-state index < -0.39 is 0 Å². The average Bonchev–Trinajstić information content (AvgIpc) is 2.53. The van der Waals surface area contributed by atoms with Crippen molar-refractivity contribution in [1.29, 1.82) is 0 Å². The van der Waals surface area contributed by atoms with Gasteiger partial charge in [-0.05, 0) is 6.42 Å². The van der Waals surface area contributed by atoms with Crippen LogP contribution in [0.4, 0.5) is 0 Å². The van der Waals surface area contributed by atoms with Crippen LogP contribution >= 0.6 is 0 Å². The molecule has 0 spiro atoms. The van der Waals surface area contributed by atoms with Crippen LogP contribution in [-0.2, 0) is 14.3 Å². The molecule has 4 heteroatoms. The smallest absolute Gasteiger partial charge is 0.235 e. The van der Waals surface area contributed by atoms with Gasteiger partial charge in [-0.15, -0.1) is 0 Å². The quantitative estimate of drug-likeness (QED) is 0.391. The first-order valence-electron chi connectivity index (χ1n) is 3.72. The van der Waals surface area contributed by atoms with Crippen LogP contribution in [0.3, 0.4) is 0 Å². The Balaban J connectivity index is 2.08. The van der Waals surface area contributed by atoms with Crippen molar-refractivity contribution in [2.75, 3.05) is 13.2 Å². The number of isocyanates is 1. The number of nitrogens with zero attached hydrogens (tertiary/aromatic N) is 1. The second-order valence-electron chi connectivity index (χ2n) is 2.78. The monoisotopic (exact) mass is 155 g/mol. The van der Waals surface area contributed by atoms with Crippen molar-refractivity contribution in [3.63, 3.8) is 0 Å². The molecule has 0 bridgehead atoms. The van der Waals surface area contributed by atoms with E-state index in [2.05, 4.69) is 4.99 Å². The van der Waals surface area contributed by atoms with Crippen LogP contribution in [0.1, 0.15) is 6.42 Å². The summed E-state index contributed by atoms with van der Waals surface area (Å²) in [5, 5.41) is 0. The molecule has 2 fully saturated rings. The lowest BCUT2D eigenvalue weighted by Gasteiger charge is -2.08. The van der Waals surface area contributed by atoms with Crippen molar-refractivity contribution in [2.45, 2.75) is 24.7 Å². The number of aliphatic imine (C=N–C) groups is 1. The minimum Gasteiger partial charge on any atom is -0.373 e. The Labute approximate surface area is 64.2 Å². The van der Waals surface area contributed by atoms with Gasteiger partial charge in [-0.3, -0.25) is 0 Å². The van der Waals surface area contributed by atoms with E-state index in [1.54, 1.807) is 0 Å². The number of hydrogen-bond donors (Lipinski definition) is 0. The standard InChI is InChI=1S/C7H9NO3/c9-4-8-5-3-11-6-1-2-10-7(5)6/h5-7H,1-3H2. The number of carbonyl (C=O) groups excluding carboxylic acids is 1. The summed E-state index contributed by atoms with van der Waals surface area (Å²) in [6.45, 7) is 1.23. The second-order valence-corrected chi connectivity index (χ2v) is 2.78. The Morgan fingerprint density at radius 1 is 1.45 bits per heavy atom. The summed E-state index contributed by atoms with van der Waals surface area (Å²) < 4.78 is 10.7. The van der Waals surface area contributed by atoms with E-state index >= 15 is 0 Å². The average molecular weight is 155 g/mol. The molecule has 0 aromatic heterocycles. The largest absolute Gasteiger partial charge is 0.373 e. The fraction of sp³-hybridized carbons (Fsp3) is 0.857. The van der Waals surface area contributed by atoms with Crippen LogP contribution in [0.15, 0.2) is 4.99 Å². The van der Waals surface area contributed by atoms with Crippen LogP contribution in [0, 0.1) is 0 Å². The maximum Gasteiger partial charge on any atom is 0.235 e. The van der Waals surface area contributed by atoms with E-state index in [9.17, 15) is 4.79 Å². The SMILES string of the molecule is O=C=NC1COC2CCOC12. The van der Waals surface area contributed by atoms with E-state index in [1.165, 1.54) is 6.08 Å². The molecule has 2 heterocycles. The van der Waals surface area contributed by atoms with Crippen molar-refractivity contribution in [3.8, 4) is 0 Å². The number of hydrogen-bond acceptors (Lipinski definition) is 4. The van der Waals surface area contributed by atoms with Gasteiger partial charge >= 0.3 is 0 Å². The third kappa shape index (κ3) is 1.09. The molecule has 0 aromatic carbocycles. The highest BCUT2D eigenvalue weighted by molar-refractivity contribution is 5.34. The molecule has 0 amide bonds. The van der Waals surface area contributed by atoms with Gasteiger partial charge in [0.2, 0.25) is 6.08 Å². The molecule has 2 saturated heterocycles. The zero-order valence-corrected chi connectivity index (χ0v) is 6.03. The Kier molecular flexibility index (Phi) is 1.74. The number of ether oxygens (including phenoxy) is 2. The van der Waals surface area contributed by atoms with Crippen molar-refractivity contribution in [1.82, 2.24) is 0 Å². The van der Waals surface area contributed by atoms with E-state index in [0.717, 1.165) is 13.0 Å². The molecule has 11 heavy (non-hydrogen) atoms. The highest BCUT2D eigenvalue weighted by atomic mass is 16.6. The lowest BCUT2D eigenvalue weighted by atomic mass is 10.1. The molecular weight excluding hydrogens is 146 g/mol. The van der Waals surface area contributed by atoms with Crippen LogP contribution < -0.4 is 0 Å². The third-order valence-electron chi connectivity index (χ3n) is 2.16. The predicted molar refractivity (Wildman–Crippen MR) is 36.0 cm³/mol. The first-order chi connectivity index (χ1) is 5.42. The van der Waals surface area contributed by atoms with Crippen LogP contribution in [0.2, 0.25) is 0 Å². The molecule has 60 valence electrons. The van der Waals surface area contributed by atoms with Gasteiger partial charge in [0, 0.05) is 6.61 Å². The Bertz CT molecular complexity index is 200. The van der Waals surface area contributed by atoms with Crippen molar-refractivity contribution < 1.29 is 14.3 Å². The molecule has 0 aliphatic carbocycles. The third-order valence-corrected chi connectivity index (χ3v) is 2.16. The second kappa shape index (κ2) is 2.74. The number of rotatable bonds is 1. The van der Waals surface area contributed by atoms with Crippen molar-refractivity contribution >= 4 is 6.08 Å². The molecule has 0 radical (unpaired) electrons. The minimum absolute atomic E-state index is 0.0106. The molecule has 0 aromatic rings. The van der Waals surface area contributed by atoms with Crippen LogP contribution in [-0.4, -0.2) is 37.5 Å². The van der Waals surface area contributed by atoms with E-state index in [1.807, 2.05) is 0 Å². The van der Waals surface area contributed by atoms with Gasteiger partial charge < -0.3 is 9.47 Å². The topological polar surface area (TPSA) is 47.9 Å². The summed E-state index contributed by atoms with van der Waals surface area (Å²) in [5.41, 5.74) is 0. The number of fused-ring (bicyclic) bond motifs is 1. The predicted octanol–water partition coefficient (Wildman–Crippen LogP) is -0.121. The van der Waals surface area contributed by atoms with E-state index in [-0.39, 0.29) is 18.2 Å². The molecule has 0 saturated carbocycles. The molecule has 2 rings (SSSR count). The van der Waals surface area contributed by atoms with Crippen LogP contribution in [0.5, 0.6) is 0 Å². The van der Waals surface area contributed by atoms with E-state index in [4.69, 9.17) is 9.47 Å². The zero-order chi connectivity index (χ0) is 7.68. The van der Waals surface area contributed by atoms with Crippen LogP contribution in [0.25, 0.3) is 0 Å². The summed E-state index contributed by atoms with van der Waals surface area (Å²) in [5.74, 6) is 0. The summed E-state index contributed by atoms with van der Waals surface area (Å²) in [7, 11) is 0. The first kappa shape index (κ1) is 6.98. The zero-order valence-electron chi connectivity index (χ0n) is 6.03. The van der Waals surface area contributed by atoms with Gasteiger partial charge in [0.15, 0.2) is 0 Å². The summed E-state index contributed by atoms with van der Waals surface area (Å²) in [4.78, 5) is 13.6. The molecule has 2 aliphatic rings. The van der Waals surface area contributed by atoms with Gasteiger partial charge in [0.05, 0.1) is 12.7 Å². The molecule has 3 atom stereocenters. The van der Waals surface area contributed by atoms with Gasteiger partial charge in [0.25, 0.3) is 0 Å². The fourth-order valence-corrected chi connectivity index (χ4v) is 1.62. The first-order valence-corrected chi connectivity index (χ1v) is 3.72. The van der Waals surface area contributed by atoms with Crippen molar-refractivity contribution in [3.05, 3.63) is 0 Å². The normalized spacial score (nSPS) is 41.6. The fourth-order valence-electron chi connectivity index (χ4n) is 1.62. The Morgan fingerprint density at radius 2 is 2.36 bits per heavy atom. The molecule has 2 aliphatic heterocycles. The highest BCUT2D eigenvalue weighted by Gasteiger charge is 2.41. The summed E-state index contributed by atoms with van der Waals surface area (Å²) in [6, 6.07) is -0.111. The Hall–Kier alpha value is -0.700. The van der Waals surface area contributed by atoms with Gasteiger partial charge in [-0.2, -0.15) is 4.99 Å². The molecule has 4 nitrogen and oxygen atoms in total. The lowest BCUT2D eigenvalue weighted by molar-refractivity contribution is 0.0710. The minimum atomic E-state index is -0.111. The molecule has 3 unspecified atom stereocenters. The molecule has 0 N–H and O–H groups in total. The highest BCUT2D eigenvalue weighted by Crippen LogP contribution is 2.27.